The lowest BCUT2D eigenvalue weighted by molar-refractivity contribution is -0.137. The second-order valence-electron chi connectivity index (χ2n) is 6.94. The largest absolute Gasteiger partial charge is 0.505 e. The third-order valence-electron chi connectivity index (χ3n) is 4.81. The molecule has 3 N–H and O–H groups in total. The predicted octanol–water partition coefficient (Wildman–Crippen LogP) is 2.33. The molecule has 2 aromatic heterocycles. The van der Waals surface area contributed by atoms with E-state index in [1.165, 1.54) is 6.20 Å². The molecule has 30 heavy (non-hydrogen) atoms. The number of fused-ring (bicyclic) bond motifs is 1. The highest BCUT2D eigenvalue weighted by molar-refractivity contribution is 6.01. The Hall–Kier alpha value is -3.68. The van der Waals surface area contributed by atoms with E-state index >= 15 is 0 Å². The molecule has 3 aromatic rings. The molecule has 1 amide bonds. The molecule has 0 fully saturated rings. The fourth-order valence-corrected chi connectivity index (χ4v) is 3.16. The molecule has 0 aliphatic rings. The van der Waals surface area contributed by atoms with E-state index in [4.69, 9.17) is 5.11 Å². The van der Waals surface area contributed by atoms with Crippen LogP contribution in [-0.2, 0) is 17.8 Å². The summed E-state index contributed by atoms with van der Waals surface area (Å²) in [7, 11) is 0. The molecule has 0 atom stereocenters. The summed E-state index contributed by atoms with van der Waals surface area (Å²) >= 11 is 0. The molecule has 156 valence electrons. The van der Waals surface area contributed by atoms with Gasteiger partial charge in [-0.15, -0.1) is 0 Å². The zero-order valence-electron chi connectivity index (χ0n) is 16.4. The molecular weight excluding hydrogens is 386 g/mol. The predicted molar refractivity (Wildman–Crippen MR) is 112 cm³/mol. The lowest BCUT2D eigenvalue weighted by Gasteiger charge is -2.10. The lowest BCUT2D eigenvalue weighted by Crippen LogP contribution is -2.26. The number of nitrogens with one attached hydrogen (secondary N) is 1. The average Bonchev–Trinajstić information content (AvgIpc) is 2.74. The summed E-state index contributed by atoms with van der Waals surface area (Å²) in [6.07, 6.45) is 4.56. The number of unbranched alkanes of at least 4 members (excludes halogenated alkanes) is 1. The van der Waals surface area contributed by atoms with Crippen LogP contribution in [0.1, 0.15) is 35.3 Å². The SMILES string of the molecule is O=C(O)CCCCNC(=O)c1ncc2c(=O)n(CCc3ccccc3)ccc2c1O. The van der Waals surface area contributed by atoms with Crippen LogP contribution in [0.3, 0.4) is 0 Å². The number of carbonyl (C=O) groups excluding carboxylic acids is 1. The van der Waals surface area contributed by atoms with Gasteiger partial charge in [0, 0.05) is 37.3 Å². The van der Waals surface area contributed by atoms with Crippen LogP contribution in [0.15, 0.2) is 53.6 Å². The Balaban J connectivity index is 1.72. The Morgan fingerprint density at radius 1 is 1.07 bits per heavy atom. The Labute approximate surface area is 172 Å². The Morgan fingerprint density at radius 2 is 1.83 bits per heavy atom. The Morgan fingerprint density at radius 3 is 2.57 bits per heavy atom. The van der Waals surface area contributed by atoms with Gasteiger partial charge in [0.05, 0.1) is 5.39 Å². The molecule has 8 heteroatoms. The number of hydrogen-bond donors (Lipinski definition) is 3. The summed E-state index contributed by atoms with van der Waals surface area (Å²) in [5.41, 5.74) is 0.662. The Bertz CT molecular complexity index is 1110. The number of nitrogens with zero attached hydrogens (tertiary/aromatic N) is 2. The normalized spacial score (nSPS) is 10.8. The fourth-order valence-electron chi connectivity index (χ4n) is 3.16. The van der Waals surface area contributed by atoms with Gasteiger partial charge in [0.25, 0.3) is 11.5 Å². The molecule has 0 aliphatic carbocycles. The van der Waals surface area contributed by atoms with Crippen LogP contribution in [0.5, 0.6) is 5.75 Å². The van der Waals surface area contributed by atoms with Crippen molar-refractivity contribution in [3.8, 4) is 5.75 Å². The molecule has 3 rings (SSSR count). The van der Waals surface area contributed by atoms with Crippen molar-refractivity contribution < 1.29 is 19.8 Å². The molecule has 0 saturated carbocycles. The van der Waals surface area contributed by atoms with Gasteiger partial charge in [0.2, 0.25) is 0 Å². The Kier molecular flexibility index (Phi) is 6.79. The number of rotatable bonds is 9. The minimum absolute atomic E-state index is 0.0336. The molecule has 0 saturated heterocycles. The quantitative estimate of drug-likeness (QED) is 0.466. The van der Waals surface area contributed by atoms with Gasteiger partial charge in [-0.05, 0) is 30.9 Å². The van der Waals surface area contributed by atoms with Crippen molar-refractivity contribution in [2.45, 2.75) is 32.2 Å². The van der Waals surface area contributed by atoms with Crippen LogP contribution in [0.2, 0.25) is 0 Å². The summed E-state index contributed by atoms with van der Waals surface area (Å²) in [4.78, 5) is 39.5. The summed E-state index contributed by atoms with van der Waals surface area (Å²) in [5.74, 6) is -1.80. The van der Waals surface area contributed by atoms with Crippen LogP contribution in [-0.4, -0.2) is 38.2 Å². The van der Waals surface area contributed by atoms with E-state index in [-0.39, 0.29) is 40.7 Å². The first-order valence-corrected chi connectivity index (χ1v) is 9.72. The van der Waals surface area contributed by atoms with Crippen molar-refractivity contribution in [3.63, 3.8) is 0 Å². The third-order valence-corrected chi connectivity index (χ3v) is 4.81. The highest BCUT2D eigenvalue weighted by atomic mass is 16.4. The standard InChI is InChI=1S/C22H23N3O5/c26-18(27)8-4-5-11-23-21(29)19-20(28)16-10-13-25(22(30)17(16)14-24-19)12-9-15-6-2-1-3-7-15/h1-3,6-7,10,13-14,28H,4-5,8-9,11-12H2,(H,23,29)(H,26,27). The van der Waals surface area contributed by atoms with Gasteiger partial charge >= 0.3 is 5.97 Å². The number of aromatic hydroxyl groups is 1. The molecule has 0 aliphatic heterocycles. The smallest absolute Gasteiger partial charge is 0.303 e. The van der Waals surface area contributed by atoms with Gasteiger partial charge in [-0.3, -0.25) is 14.4 Å². The van der Waals surface area contributed by atoms with E-state index in [0.717, 1.165) is 5.56 Å². The topological polar surface area (TPSA) is 122 Å². The molecule has 0 spiro atoms. The second-order valence-corrected chi connectivity index (χ2v) is 6.94. The molecule has 0 bridgehead atoms. The average molecular weight is 409 g/mol. The van der Waals surface area contributed by atoms with Crippen LogP contribution >= 0.6 is 0 Å². The lowest BCUT2D eigenvalue weighted by atomic mass is 10.1. The first kappa shape index (κ1) is 21.0. The fraction of sp³-hybridized carbons (Fsp3) is 0.273. The monoisotopic (exact) mass is 409 g/mol. The number of aliphatic carboxylic acids is 1. The maximum absolute atomic E-state index is 12.7. The van der Waals surface area contributed by atoms with Crippen molar-refractivity contribution in [1.82, 2.24) is 14.9 Å². The molecule has 8 nitrogen and oxygen atoms in total. The number of carboxylic acids is 1. The van der Waals surface area contributed by atoms with Crippen molar-refractivity contribution in [2.75, 3.05) is 6.54 Å². The minimum atomic E-state index is -0.885. The number of pyridine rings is 2. The molecule has 0 radical (unpaired) electrons. The van der Waals surface area contributed by atoms with Crippen LogP contribution in [0, 0.1) is 0 Å². The van der Waals surface area contributed by atoms with E-state index in [0.29, 0.717) is 25.8 Å². The van der Waals surface area contributed by atoms with Gasteiger partial charge in [0.15, 0.2) is 11.4 Å². The van der Waals surface area contributed by atoms with E-state index in [9.17, 15) is 19.5 Å². The van der Waals surface area contributed by atoms with Gasteiger partial charge in [-0.25, -0.2) is 4.98 Å². The molecular formula is C22H23N3O5. The number of carbonyl (C=O) groups is 2. The number of carboxylic acid groups (broad SMARTS) is 1. The zero-order valence-corrected chi connectivity index (χ0v) is 16.4. The third kappa shape index (κ3) is 5.02. The minimum Gasteiger partial charge on any atom is -0.505 e. The van der Waals surface area contributed by atoms with Gasteiger partial charge in [0.1, 0.15) is 0 Å². The number of aromatic nitrogens is 2. The van der Waals surface area contributed by atoms with Gasteiger partial charge < -0.3 is 20.1 Å². The van der Waals surface area contributed by atoms with Gasteiger partial charge in [-0.1, -0.05) is 30.3 Å². The molecule has 2 heterocycles. The summed E-state index contributed by atoms with van der Waals surface area (Å²) in [5, 5.41) is 22.2. The summed E-state index contributed by atoms with van der Waals surface area (Å²) in [6.45, 7) is 0.754. The first-order chi connectivity index (χ1) is 14.5. The van der Waals surface area contributed by atoms with Crippen molar-refractivity contribution in [3.05, 3.63) is 70.4 Å². The van der Waals surface area contributed by atoms with E-state index in [1.54, 1.807) is 16.8 Å². The highest BCUT2D eigenvalue weighted by Crippen LogP contribution is 2.24. The zero-order chi connectivity index (χ0) is 21.5. The van der Waals surface area contributed by atoms with E-state index < -0.39 is 11.9 Å². The number of amides is 1. The number of benzene rings is 1. The maximum atomic E-state index is 12.7. The van der Waals surface area contributed by atoms with Crippen molar-refractivity contribution in [2.24, 2.45) is 0 Å². The van der Waals surface area contributed by atoms with E-state index in [2.05, 4.69) is 10.3 Å². The van der Waals surface area contributed by atoms with Crippen molar-refractivity contribution >= 4 is 22.6 Å². The molecule has 0 unspecified atom stereocenters. The second kappa shape index (κ2) is 9.69. The molecule has 1 aromatic carbocycles. The van der Waals surface area contributed by atoms with Crippen LogP contribution < -0.4 is 10.9 Å². The highest BCUT2D eigenvalue weighted by Gasteiger charge is 2.17. The first-order valence-electron chi connectivity index (χ1n) is 9.72. The van der Waals surface area contributed by atoms with Crippen molar-refractivity contribution in [1.29, 1.82) is 0 Å². The maximum Gasteiger partial charge on any atom is 0.303 e. The van der Waals surface area contributed by atoms with Crippen LogP contribution in [0.25, 0.3) is 10.8 Å². The van der Waals surface area contributed by atoms with E-state index in [1.807, 2.05) is 30.3 Å². The number of aryl methyl sites for hydroxylation is 2. The number of hydrogen-bond acceptors (Lipinski definition) is 5. The van der Waals surface area contributed by atoms with Gasteiger partial charge in [-0.2, -0.15) is 0 Å². The van der Waals surface area contributed by atoms with Crippen LogP contribution in [0.4, 0.5) is 0 Å². The summed E-state index contributed by atoms with van der Waals surface area (Å²) in [6, 6.07) is 11.4. The summed E-state index contributed by atoms with van der Waals surface area (Å²) < 4.78 is 1.55.